The summed E-state index contributed by atoms with van der Waals surface area (Å²) in [6, 6.07) is 0. The minimum Gasteiger partial charge on any atom is -0.462 e. The number of unbranched alkanes of at least 4 members (excludes halogenated alkanes) is 26. The number of ether oxygens (including phenoxy) is 3. The maximum absolute atomic E-state index is 12.7. The van der Waals surface area contributed by atoms with Crippen molar-refractivity contribution in [3.63, 3.8) is 0 Å². The zero-order chi connectivity index (χ0) is 43.0. The minimum absolute atomic E-state index is 0.0893. The molecule has 6 nitrogen and oxygen atoms in total. The average molecular weight is 827 g/mol. The Bertz CT molecular complexity index is 1040. The molecule has 0 aliphatic rings. The fraction of sp³-hybridized carbons (Fsp3) is 0.792. The van der Waals surface area contributed by atoms with Gasteiger partial charge >= 0.3 is 17.9 Å². The van der Waals surface area contributed by atoms with Crippen LogP contribution in [0.4, 0.5) is 0 Å². The average Bonchev–Trinajstić information content (AvgIpc) is 3.23. The fourth-order valence-electron chi connectivity index (χ4n) is 6.97. The first-order valence-corrected chi connectivity index (χ1v) is 25.1. The number of carbonyl (C=O) groups excluding carboxylic acids is 3. The van der Waals surface area contributed by atoms with E-state index in [1.54, 1.807) is 0 Å². The van der Waals surface area contributed by atoms with Crippen LogP contribution in [0.1, 0.15) is 252 Å². The highest BCUT2D eigenvalue weighted by atomic mass is 16.6. The van der Waals surface area contributed by atoms with Gasteiger partial charge in [0.15, 0.2) is 6.10 Å². The van der Waals surface area contributed by atoms with Crippen LogP contribution in [0, 0.1) is 0 Å². The lowest BCUT2D eigenvalue weighted by atomic mass is 10.1. The van der Waals surface area contributed by atoms with Gasteiger partial charge in [-0.3, -0.25) is 14.4 Å². The van der Waals surface area contributed by atoms with Gasteiger partial charge in [-0.1, -0.05) is 198 Å². The third-order valence-electron chi connectivity index (χ3n) is 10.8. The van der Waals surface area contributed by atoms with E-state index in [4.69, 9.17) is 14.2 Å². The summed E-state index contributed by atoms with van der Waals surface area (Å²) < 4.78 is 16.7. The standard InChI is InChI=1S/C53H94O6/c1-4-7-10-13-16-19-22-24-26-28-29-31-34-37-40-43-46-52(55)58-49-50(48-57-51(54)45-42-39-36-33-21-18-15-12-9-6-3)59-53(56)47-44-41-38-35-32-30-27-25-23-20-17-14-11-8-5-2/h17,20,25-28,32,35,50H,4-16,18-19,21-24,29-31,33-34,36-49H2,1-3H3/b20-17-,27-25-,28-26-,35-32-/t50-/m1/s1. The molecular formula is C53H94O6. The van der Waals surface area contributed by atoms with E-state index >= 15 is 0 Å². The highest BCUT2D eigenvalue weighted by molar-refractivity contribution is 5.71. The molecule has 0 amide bonds. The van der Waals surface area contributed by atoms with Crippen LogP contribution in [0.15, 0.2) is 48.6 Å². The lowest BCUT2D eigenvalue weighted by Gasteiger charge is -2.18. The Hall–Kier alpha value is -2.63. The lowest BCUT2D eigenvalue weighted by Crippen LogP contribution is -2.30. The summed E-state index contributed by atoms with van der Waals surface area (Å²) in [5.41, 5.74) is 0. The largest absolute Gasteiger partial charge is 0.462 e. The predicted octanol–water partition coefficient (Wildman–Crippen LogP) is 16.3. The van der Waals surface area contributed by atoms with Crippen LogP contribution in [0.2, 0.25) is 0 Å². The molecule has 0 fully saturated rings. The van der Waals surface area contributed by atoms with Crippen LogP contribution >= 0.6 is 0 Å². The van der Waals surface area contributed by atoms with E-state index in [1.165, 1.54) is 135 Å². The molecule has 342 valence electrons. The van der Waals surface area contributed by atoms with Gasteiger partial charge in [-0.25, -0.2) is 0 Å². The van der Waals surface area contributed by atoms with Gasteiger partial charge in [0, 0.05) is 19.3 Å². The number of rotatable bonds is 45. The van der Waals surface area contributed by atoms with Gasteiger partial charge in [0.1, 0.15) is 13.2 Å². The zero-order valence-corrected chi connectivity index (χ0v) is 39.0. The van der Waals surface area contributed by atoms with Crippen molar-refractivity contribution in [1.29, 1.82) is 0 Å². The molecule has 0 aromatic carbocycles. The summed E-state index contributed by atoms with van der Waals surface area (Å²) in [5, 5.41) is 0. The first-order chi connectivity index (χ1) is 29.0. The van der Waals surface area contributed by atoms with Gasteiger partial charge in [0.25, 0.3) is 0 Å². The van der Waals surface area contributed by atoms with Crippen molar-refractivity contribution < 1.29 is 28.6 Å². The molecule has 0 unspecified atom stereocenters. The number of allylic oxidation sites excluding steroid dienone is 8. The minimum atomic E-state index is -0.792. The van der Waals surface area contributed by atoms with Crippen LogP contribution < -0.4 is 0 Å². The second kappa shape index (κ2) is 48.0. The molecular weight excluding hydrogens is 733 g/mol. The first-order valence-electron chi connectivity index (χ1n) is 25.1. The highest BCUT2D eigenvalue weighted by Gasteiger charge is 2.19. The smallest absolute Gasteiger partial charge is 0.306 e. The van der Waals surface area contributed by atoms with Gasteiger partial charge in [-0.05, 0) is 83.5 Å². The Morgan fingerprint density at radius 2 is 0.610 bits per heavy atom. The summed E-state index contributed by atoms with van der Waals surface area (Å²) in [4.78, 5) is 37.8. The molecule has 0 spiro atoms. The lowest BCUT2D eigenvalue weighted by molar-refractivity contribution is -0.167. The molecule has 0 saturated heterocycles. The molecule has 0 saturated carbocycles. The quantitative estimate of drug-likeness (QED) is 0.0263. The predicted molar refractivity (Wildman–Crippen MR) is 252 cm³/mol. The van der Waals surface area contributed by atoms with E-state index in [-0.39, 0.29) is 37.5 Å². The van der Waals surface area contributed by atoms with Crippen molar-refractivity contribution in [1.82, 2.24) is 0 Å². The van der Waals surface area contributed by atoms with Gasteiger partial charge in [0.05, 0.1) is 0 Å². The maximum atomic E-state index is 12.7. The number of hydrogen-bond donors (Lipinski definition) is 0. The summed E-state index contributed by atoms with van der Waals surface area (Å²) in [7, 11) is 0. The van der Waals surface area contributed by atoms with Crippen molar-refractivity contribution in [2.75, 3.05) is 13.2 Å². The van der Waals surface area contributed by atoms with Crippen molar-refractivity contribution in [3.8, 4) is 0 Å². The third-order valence-corrected chi connectivity index (χ3v) is 10.8. The number of esters is 3. The van der Waals surface area contributed by atoms with E-state index < -0.39 is 6.10 Å². The molecule has 0 aromatic heterocycles. The van der Waals surface area contributed by atoms with Crippen molar-refractivity contribution in [3.05, 3.63) is 48.6 Å². The molecule has 0 rings (SSSR count). The number of carbonyl (C=O) groups is 3. The molecule has 0 aliphatic heterocycles. The van der Waals surface area contributed by atoms with E-state index in [2.05, 4.69) is 69.4 Å². The maximum Gasteiger partial charge on any atom is 0.306 e. The molecule has 0 bridgehead atoms. The molecule has 59 heavy (non-hydrogen) atoms. The van der Waals surface area contributed by atoms with Crippen molar-refractivity contribution in [2.45, 2.75) is 258 Å². The van der Waals surface area contributed by atoms with Crippen LogP contribution in [0.25, 0.3) is 0 Å². The Labute approximate surface area is 365 Å². The molecule has 0 heterocycles. The van der Waals surface area contributed by atoms with Crippen molar-refractivity contribution in [2.24, 2.45) is 0 Å². The summed E-state index contributed by atoms with van der Waals surface area (Å²) in [5.74, 6) is -0.934. The Morgan fingerprint density at radius 3 is 1.03 bits per heavy atom. The number of hydrogen-bond acceptors (Lipinski definition) is 6. The normalized spacial score (nSPS) is 12.4. The van der Waals surface area contributed by atoms with Crippen LogP contribution in [-0.4, -0.2) is 37.2 Å². The van der Waals surface area contributed by atoms with Crippen molar-refractivity contribution >= 4 is 17.9 Å². The highest BCUT2D eigenvalue weighted by Crippen LogP contribution is 2.14. The monoisotopic (exact) mass is 827 g/mol. The Kier molecular flexibility index (Phi) is 45.9. The van der Waals surface area contributed by atoms with Crippen LogP contribution in [0.5, 0.6) is 0 Å². The van der Waals surface area contributed by atoms with E-state index in [0.717, 1.165) is 70.6 Å². The molecule has 0 aromatic rings. The van der Waals surface area contributed by atoms with Crippen LogP contribution in [-0.2, 0) is 28.6 Å². The molecule has 0 radical (unpaired) electrons. The summed E-state index contributed by atoms with van der Waals surface area (Å²) >= 11 is 0. The third kappa shape index (κ3) is 46.3. The zero-order valence-electron chi connectivity index (χ0n) is 39.0. The Balaban J connectivity index is 4.42. The topological polar surface area (TPSA) is 78.9 Å². The van der Waals surface area contributed by atoms with Gasteiger partial charge in [-0.15, -0.1) is 0 Å². The summed E-state index contributed by atoms with van der Waals surface area (Å²) in [6.45, 7) is 6.56. The molecule has 0 N–H and O–H groups in total. The SMILES string of the molecule is CCCCC/C=C\C/C=C\C/C=C\CCCCC(=O)O[C@@H](COC(=O)CCCCCCC/C=C\CCCCCCCCC)COC(=O)CCCCCCCCCCCC. The van der Waals surface area contributed by atoms with Gasteiger partial charge < -0.3 is 14.2 Å². The second-order valence-electron chi connectivity index (χ2n) is 16.7. The first kappa shape index (κ1) is 56.4. The van der Waals surface area contributed by atoms with Crippen LogP contribution in [0.3, 0.4) is 0 Å². The fourth-order valence-corrected chi connectivity index (χ4v) is 6.97. The Morgan fingerprint density at radius 1 is 0.339 bits per heavy atom. The molecule has 0 aliphatic carbocycles. The second-order valence-corrected chi connectivity index (χ2v) is 16.7. The molecule has 6 heteroatoms. The van der Waals surface area contributed by atoms with Gasteiger partial charge in [-0.2, -0.15) is 0 Å². The van der Waals surface area contributed by atoms with E-state index in [1.807, 2.05) is 0 Å². The molecule has 1 atom stereocenters. The van der Waals surface area contributed by atoms with E-state index in [9.17, 15) is 14.4 Å². The van der Waals surface area contributed by atoms with Gasteiger partial charge in [0.2, 0.25) is 0 Å². The summed E-state index contributed by atoms with van der Waals surface area (Å²) in [6.07, 6.45) is 56.7. The van der Waals surface area contributed by atoms with E-state index in [0.29, 0.717) is 19.3 Å².